The van der Waals surface area contributed by atoms with Crippen molar-refractivity contribution in [2.75, 3.05) is 13.1 Å². The monoisotopic (exact) mass is 229 g/mol. The van der Waals surface area contributed by atoms with Crippen LogP contribution >= 0.6 is 11.6 Å². The van der Waals surface area contributed by atoms with E-state index < -0.39 is 0 Å². The van der Waals surface area contributed by atoms with Crippen LogP contribution in [0, 0.1) is 5.82 Å². The van der Waals surface area contributed by atoms with Crippen molar-refractivity contribution in [3.05, 3.63) is 34.6 Å². The van der Waals surface area contributed by atoms with E-state index in [1.165, 1.54) is 6.07 Å². The van der Waals surface area contributed by atoms with Crippen LogP contribution in [0.15, 0.2) is 18.2 Å². The Morgan fingerprint density at radius 2 is 2.13 bits per heavy atom. The van der Waals surface area contributed by atoms with Crippen molar-refractivity contribution < 1.29 is 4.39 Å². The molecule has 0 bridgehead atoms. The molecule has 0 atom stereocenters. The second-order valence-corrected chi connectivity index (χ2v) is 3.94. The Balaban J connectivity index is 2.34. The van der Waals surface area contributed by atoms with Crippen molar-refractivity contribution in [1.29, 1.82) is 0 Å². The van der Waals surface area contributed by atoms with Crippen molar-refractivity contribution in [2.45, 2.75) is 26.2 Å². The fourth-order valence-corrected chi connectivity index (χ4v) is 1.67. The van der Waals surface area contributed by atoms with E-state index in [-0.39, 0.29) is 10.8 Å². The maximum absolute atomic E-state index is 13.1. The van der Waals surface area contributed by atoms with Gasteiger partial charge in [0.25, 0.3) is 0 Å². The Labute approximate surface area is 95.6 Å². The molecule has 0 radical (unpaired) electrons. The van der Waals surface area contributed by atoms with Crippen LogP contribution in [0.1, 0.15) is 25.3 Å². The van der Waals surface area contributed by atoms with Gasteiger partial charge in [-0.1, -0.05) is 30.7 Å². The van der Waals surface area contributed by atoms with Gasteiger partial charge in [-0.3, -0.25) is 0 Å². The molecule has 0 saturated heterocycles. The predicted molar refractivity (Wildman–Crippen MR) is 62.9 cm³/mol. The van der Waals surface area contributed by atoms with Crippen LogP contribution in [0.25, 0.3) is 0 Å². The lowest BCUT2D eigenvalue weighted by Gasteiger charge is -2.05. The molecular weight excluding hydrogens is 213 g/mol. The predicted octanol–water partition coefficient (Wildman–Crippen LogP) is 3.41. The quantitative estimate of drug-likeness (QED) is 0.738. The number of nitrogens with one attached hydrogen (secondary N) is 1. The fraction of sp³-hybridized carbons (Fsp3) is 0.500. The summed E-state index contributed by atoms with van der Waals surface area (Å²) >= 11 is 5.84. The lowest BCUT2D eigenvalue weighted by molar-refractivity contribution is 0.619. The van der Waals surface area contributed by atoms with Crippen LogP contribution in [-0.4, -0.2) is 13.1 Å². The normalized spacial score (nSPS) is 10.6. The van der Waals surface area contributed by atoms with Crippen LogP contribution in [-0.2, 0) is 6.42 Å². The number of hydrogen-bond donors (Lipinski definition) is 1. The van der Waals surface area contributed by atoms with E-state index in [4.69, 9.17) is 11.6 Å². The molecule has 1 nitrogen and oxygen atoms in total. The maximum atomic E-state index is 13.1. The molecular formula is C12H17ClFN. The summed E-state index contributed by atoms with van der Waals surface area (Å²) in [5.41, 5.74) is 0.898. The molecule has 0 amide bonds. The zero-order chi connectivity index (χ0) is 11.1. The molecule has 1 N–H and O–H groups in total. The zero-order valence-corrected chi connectivity index (χ0v) is 9.78. The first-order valence-electron chi connectivity index (χ1n) is 5.39. The third kappa shape index (κ3) is 4.18. The Kier molecular flexibility index (Phi) is 5.66. The van der Waals surface area contributed by atoms with Crippen molar-refractivity contribution in [2.24, 2.45) is 0 Å². The van der Waals surface area contributed by atoms with E-state index in [0.717, 1.165) is 37.9 Å². The first-order chi connectivity index (χ1) is 7.25. The van der Waals surface area contributed by atoms with E-state index in [0.29, 0.717) is 0 Å². The minimum Gasteiger partial charge on any atom is -0.317 e. The van der Waals surface area contributed by atoms with Crippen molar-refractivity contribution >= 4 is 11.6 Å². The van der Waals surface area contributed by atoms with Gasteiger partial charge in [0.15, 0.2) is 0 Å². The van der Waals surface area contributed by atoms with Gasteiger partial charge in [-0.05, 0) is 44.0 Å². The standard InChI is InChI=1S/C12H17ClFN/c1-2-8-15-9-4-6-10-5-3-7-11(14)12(10)13/h3,5,7,15H,2,4,6,8-9H2,1H3. The third-order valence-corrected chi connectivity index (χ3v) is 2.68. The first kappa shape index (κ1) is 12.5. The van der Waals surface area contributed by atoms with Gasteiger partial charge in [0.2, 0.25) is 0 Å². The number of halogens is 2. The highest BCUT2D eigenvalue weighted by Gasteiger charge is 2.04. The van der Waals surface area contributed by atoms with Gasteiger partial charge in [0, 0.05) is 0 Å². The van der Waals surface area contributed by atoms with Crippen LogP contribution in [0.4, 0.5) is 4.39 Å². The molecule has 0 aliphatic rings. The number of rotatable bonds is 6. The van der Waals surface area contributed by atoms with Crippen LogP contribution < -0.4 is 5.32 Å². The van der Waals surface area contributed by atoms with Gasteiger partial charge in [-0.2, -0.15) is 0 Å². The summed E-state index contributed by atoms with van der Waals surface area (Å²) in [7, 11) is 0. The number of benzene rings is 1. The molecule has 1 aromatic carbocycles. The zero-order valence-electron chi connectivity index (χ0n) is 9.02. The molecule has 0 spiro atoms. The van der Waals surface area contributed by atoms with Gasteiger partial charge in [0.05, 0.1) is 5.02 Å². The Morgan fingerprint density at radius 1 is 1.33 bits per heavy atom. The molecule has 0 aromatic heterocycles. The second kappa shape index (κ2) is 6.81. The SMILES string of the molecule is CCCNCCCc1cccc(F)c1Cl. The van der Waals surface area contributed by atoms with E-state index in [2.05, 4.69) is 12.2 Å². The van der Waals surface area contributed by atoms with E-state index in [9.17, 15) is 4.39 Å². The van der Waals surface area contributed by atoms with E-state index >= 15 is 0 Å². The summed E-state index contributed by atoms with van der Waals surface area (Å²) in [6.07, 6.45) is 2.96. The summed E-state index contributed by atoms with van der Waals surface area (Å²) < 4.78 is 13.1. The van der Waals surface area contributed by atoms with Gasteiger partial charge in [-0.25, -0.2) is 4.39 Å². The molecule has 3 heteroatoms. The molecule has 1 aromatic rings. The fourth-order valence-electron chi connectivity index (χ4n) is 1.45. The highest BCUT2D eigenvalue weighted by atomic mass is 35.5. The topological polar surface area (TPSA) is 12.0 Å². The van der Waals surface area contributed by atoms with Crippen molar-refractivity contribution in [3.8, 4) is 0 Å². The van der Waals surface area contributed by atoms with Gasteiger partial charge in [0.1, 0.15) is 5.82 Å². The summed E-state index contributed by atoms with van der Waals surface area (Å²) in [6.45, 7) is 4.13. The molecule has 0 aliphatic carbocycles. The summed E-state index contributed by atoms with van der Waals surface area (Å²) in [4.78, 5) is 0. The van der Waals surface area contributed by atoms with Crippen LogP contribution in [0.2, 0.25) is 5.02 Å². The van der Waals surface area contributed by atoms with E-state index in [1.54, 1.807) is 6.07 Å². The van der Waals surface area contributed by atoms with Gasteiger partial charge >= 0.3 is 0 Å². The van der Waals surface area contributed by atoms with Gasteiger partial charge < -0.3 is 5.32 Å². The molecule has 0 aliphatic heterocycles. The van der Waals surface area contributed by atoms with Crippen LogP contribution in [0.3, 0.4) is 0 Å². The lowest BCUT2D eigenvalue weighted by atomic mass is 10.1. The number of hydrogen-bond acceptors (Lipinski definition) is 1. The van der Waals surface area contributed by atoms with Crippen LogP contribution in [0.5, 0.6) is 0 Å². The molecule has 15 heavy (non-hydrogen) atoms. The van der Waals surface area contributed by atoms with E-state index in [1.807, 2.05) is 6.07 Å². The summed E-state index contributed by atoms with van der Waals surface area (Å²) in [5, 5.41) is 3.57. The second-order valence-electron chi connectivity index (χ2n) is 3.57. The number of aryl methyl sites for hydroxylation is 1. The first-order valence-corrected chi connectivity index (χ1v) is 5.77. The average Bonchev–Trinajstić information content (AvgIpc) is 2.24. The molecule has 0 saturated carbocycles. The smallest absolute Gasteiger partial charge is 0.142 e. The minimum atomic E-state index is -0.323. The highest BCUT2D eigenvalue weighted by Crippen LogP contribution is 2.20. The Bertz CT molecular complexity index is 302. The van der Waals surface area contributed by atoms with Crippen molar-refractivity contribution in [3.63, 3.8) is 0 Å². The molecule has 0 fully saturated rings. The molecule has 1 rings (SSSR count). The Morgan fingerprint density at radius 3 is 2.87 bits per heavy atom. The summed E-state index contributed by atoms with van der Waals surface area (Å²) in [6, 6.07) is 4.97. The molecule has 0 unspecified atom stereocenters. The maximum Gasteiger partial charge on any atom is 0.142 e. The molecule has 0 heterocycles. The highest BCUT2D eigenvalue weighted by molar-refractivity contribution is 6.31. The average molecular weight is 230 g/mol. The largest absolute Gasteiger partial charge is 0.317 e. The summed E-state index contributed by atoms with van der Waals surface area (Å²) in [5.74, 6) is -0.323. The third-order valence-electron chi connectivity index (χ3n) is 2.26. The van der Waals surface area contributed by atoms with Gasteiger partial charge in [-0.15, -0.1) is 0 Å². The van der Waals surface area contributed by atoms with Crippen molar-refractivity contribution in [1.82, 2.24) is 5.32 Å². The minimum absolute atomic E-state index is 0.271. The molecule has 84 valence electrons. The lowest BCUT2D eigenvalue weighted by Crippen LogP contribution is -2.16. The Hall–Kier alpha value is -0.600.